The second-order valence-electron chi connectivity index (χ2n) is 4.48. The topological polar surface area (TPSA) is 83.9 Å². The van der Waals surface area contributed by atoms with E-state index in [4.69, 9.17) is 5.11 Å². The number of carbonyl (C=O) groups excluding carboxylic acids is 1. The first-order valence-electron chi connectivity index (χ1n) is 6.14. The van der Waals surface area contributed by atoms with Gasteiger partial charge in [0.15, 0.2) is 5.25 Å². The van der Waals surface area contributed by atoms with Gasteiger partial charge in [-0.25, -0.2) is 8.42 Å². The standard InChI is InChI=1S/C11H21NO5S/c1-9(11(14)17-2)18(15,16)12-7-3-5-10(12)6-4-8-13/h9-10,13H,3-8H2,1-2H3. The molecule has 0 aliphatic carbocycles. The highest BCUT2D eigenvalue weighted by Crippen LogP contribution is 2.26. The van der Waals surface area contributed by atoms with Gasteiger partial charge >= 0.3 is 5.97 Å². The maximum atomic E-state index is 12.3. The summed E-state index contributed by atoms with van der Waals surface area (Å²) in [4.78, 5) is 11.4. The van der Waals surface area contributed by atoms with Gasteiger partial charge in [0.05, 0.1) is 7.11 Å². The summed E-state index contributed by atoms with van der Waals surface area (Å²) in [5, 5.41) is 7.64. The molecule has 1 aliphatic rings. The molecule has 0 radical (unpaired) electrons. The first-order valence-corrected chi connectivity index (χ1v) is 7.64. The number of hydrogen-bond donors (Lipinski definition) is 1. The van der Waals surface area contributed by atoms with Crippen LogP contribution in [-0.2, 0) is 19.6 Å². The van der Waals surface area contributed by atoms with Crippen LogP contribution in [-0.4, -0.2) is 55.4 Å². The Balaban J connectivity index is 2.80. The van der Waals surface area contributed by atoms with Crippen molar-refractivity contribution in [2.24, 2.45) is 0 Å². The highest BCUT2D eigenvalue weighted by molar-refractivity contribution is 7.90. The van der Waals surface area contributed by atoms with Crippen LogP contribution >= 0.6 is 0 Å². The fourth-order valence-electron chi connectivity index (χ4n) is 2.25. The van der Waals surface area contributed by atoms with Crippen molar-refractivity contribution in [1.29, 1.82) is 0 Å². The van der Waals surface area contributed by atoms with Crippen LogP contribution in [0.4, 0.5) is 0 Å². The molecule has 18 heavy (non-hydrogen) atoms. The Morgan fingerprint density at radius 2 is 2.22 bits per heavy atom. The first-order chi connectivity index (χ1) is 8.45. The summed E-state index contributed by atoms with van der Waals surface area (Å²) in [5.74, 6) is -0.734. The van der Waals surface area contributed by atoms with Crippen molar-refractivity contribution in [2.45, 2.75) is 43.9 Å². The summed E-state index contributed by atoms with van der Waals surface area (Å²) in [5.41, 5.74) is 0. The monoisotopic (exact) mass is 279 g/mol. The van der Waals surface area contributed by atoms with Gasteiger partial charge in [0.1, 0.15) is 0 Å². The quantitative estimate of drug-likeness (QED) is 0.698. The van der Waals surface area contributed by atoms with Crippen LogP contribution in [0.3, 0.4) is 0 Å². The third-order valence-electron chi connectivity index (χ3n) is 3.33. The van der Waals surface area contributed by atoms with E-state index in [1.807, 2.05) is 0 Å². The van der Waals surface area contributed by atoms with Crippen LogP contribution in [0.15, 0.2) is 0 Å². The van der Waals surface area contributed by atoms with Crippen LogP contribution in [0.25, 0.3) is 0 Å². The maximum Gasteiger partial charge on any atom is 0.325 e. The van der Waals surface area contributed by atoms with Crippen LogP contribution in [0, 0.1) is 0 Å². The molecule has 0 aromatic heterocycles. The number of nitrogens with zero attached hydrogens (tertiary/aromatic N) is 1. The largest absolute Gasteiger partial charge is 0.468 e. The van der Waals surface area contributed by atoms with E-state index in [0.29, 0.717) is 19.4 Å². The summed E-state index contributed by atoms with van der Waals surface area (Å²) >= 11 is 0. The lowest BCUT2D eigenvalue weighted by Gasteiger charge is -2.26. The van der Waals surface area contributed by atoms with Crippen LogP contribution in [0.5, 0.6) is 0 Å². The number of aliphatic hydroxyl groups excluding tert-OH is 1. The van der Waals surface area contributed by atoms with Crippen molar-refractivity contribution in [3.8, 4) is 0 Å². The van der Waals surface area contributed by atoms with Gasteiger partial charge in [-0.2, -0.15) is 4.31 Å². The van der Waals surface area contributed by atoms with Gasteiger partial charge < -0.3 is 9.84 Å². The van der Waals surface area contributed by atoms with Crippen LogP contribution in [0.2, 0.25) is 0 Å². The van der Waals surface area contributed by atoms with E-state index in [9.17, 15) is 13.2 Å². The predicted octanol–water partition coefficient (Wildman–Crippen LogP) is 0.115. The molecule has 0 amide bonds. The van der Waals surface area contributed by atoms with Crippen molar-refractivity contribution >= 4 is 16.0 Å². The fourth-order valence-corrected chi connectivity index (χ4v) is 4.01. The Morgan fingerprint density at radius 3 is 2.78 bits per heavy atom. The normalized spacial score (nSPS) is 22.9. The molecule has 0 aromatic carbocycles. The van der Waals surface area contributed by atoms with E-state index in [1.165, 1.54) is 18.3 Å². The number of hydrogen-bond acceptors (Lipinski definition) is 5. The third kappa shape index (κ3) is 3.21. The molecule has 1 fully saturated rings. The number of aliphatic hydroxyl groups is 1. The molecule has 1 heterocycles. The summed E-state index contributed by atoms with van der Waals surface area (Å²) in [6, 6.07) is -0.103. The molecule has 106 valence electrons. The zero-order chi connectivity index (χ0) is 13.8. The van der Waals surface area contributed by atoms with Gasteiger partial charge in [-0.05, 0) is 32.6 Å². The highest BCUT2D eigenvalue weighted by Gasteiger charge is 2.40. The van der Waals surface area contributed by atoms with Crippen molar-refractivity contribution in [3.63, 3.8) is 0 Å². The zero-order valence-corrected chi connectivity index (χ0v) is 11.6. The minimum absolute atomic E-state index is 0.0525. The first kappa shape index (κ1) is 15.4. The van der Waals surface area contributed by atoms with Crippen molar-refractivity contribution in [2.75, 3.05) is 20.3 Å². The van der Waals surface area contributed by atoms with E-state index >= 15 is 0 Å². The molecule has 1 saturated heterocycles. The molecule has 0 spiro atoms. The summed E-state index contributed by atoms with van der Waals surface area (Å²) < 4.78 is 30.4. The lowest BCUT2D eigenvalue weighted by Crippen LogP contribution is -2.44. The Kier molecular flexibility index (Phi) is 5.55. The Hall–Kier alpha value is -0.660. The molecular weight excluding hydrogens is 258 g/mol. The third-order valence-corrected chi connectivity index (χ3v) is 5.55. The summed E-state index contributed by atoms with van der Waals surface area (Å²) in [6.45, 7) is 1.85. The van der Waals surface area contributed by atoms with E-state index in [1.54, 1.807) is 0 Å². The average molecular weight is 279 g/mol. The van der Waals surface area contributed by atoms with Crippen molar-refractivity contribution in [1.82, 2.24) is 4.31 Å². The van der Waals surface area contributed by atoms with Gasteiger partial charge in [0, 0.05) is 19.2 Å². The smallest absolute Gasteiger partial charge is 0.325 e. The summed E-state index contributed by atoms with van der Waals surface area (Å²) in [6.07, 6.45) is 2.78. The van der Waals surface area contributed by atoms with Gasteiger partial charge in [-0.3, -0.25) is 4.79 Å². The lowest BCUT2D eigenvalue weighted by molar-refractivity contribution is -0.139. The van der Waals surface area contributed by atoms with Crippen molar-refractivity contribution < 1.29 is 23.1 Å². The van der Waals surface area contributed by atoms with Crippen LogP contribution < -0.4 is 0 Å². The molecule has 6 nitrogen and oxygen atoms in total. The van der Waals surface area contributed by atoms with Gasteiger partial charge in [0.25, 0.3) is 0 Å². The lowest BCUT2D eigenvalue weighted by atomic mass is 10.1. The number of methoxy groups -OCH3 is 1. The number of rotatable bonds is 6. The number of esters is 1. The molecule has 0 aromatic rings. The molecule has 1 N–H and O–H groups in total. The fraction of sp³-hybridized carbons (Fsp3) is 0.909. The van der Waals surface area contributed by atoms with Gasteiger partial charge in [-0.15, -0.1) is 0 Å². The van der Waals surface area contributed by atoms with Gasteiger partial charge in [0.2, 0.25) is 10.0 Å². The molecule has 2 unspecified atom stereocenters. The molecule has 1 rings (SSSR count). The van der Waals surface area contributed by atoms with Crippen LogP contribution in [0.1, 0.15) is 32.6 Å². The minimum Gasteiger partial charge on any atom is -0.468 e. The second-order valence-corrected chi connectivity index (χ2v) is 6.69. The van der Waals surface area contributed by atoms with E-state index in [-0.39, 0.29) is 12.6 Å². The second kappa shape index (κ2) is 6.49. The average Bonchev–Trinajstić information content (AvgIpc) is 2.83. The Labute approximate surface area is 108 Å². The molecule has 2 atom stereocenters. The van der Waals surface area contributed by atoms with E-state index in [0.717, 1.165) is 12.8 Å². The molecule has 1 aliphatic heterocycles. The van der Waals surface area contributed by atoms with Crippen molar-refractivity contribution in [3.05, 3.63) is 0 Å². The number of sulfonamides is 1. The number of carbonyl (C=O) groups is 1. The van der Waals surface area contributed by atoms with E-state index < -0.39 is 21.2 Å². The Bertz CT molecular complexity index is 381. The maximum absolute atomic E-state index is 12.3. The molecule has 0 saturated carbocycles. The minimum atomic E-state index is -3.65. The van der Waals surface area contributed by atoms with Gasteiger partial charge in [-0.1, -0.05) is 0 Å². The molecular formula is C11H21NO5S. The SMILES string of the molecule is COC(=O)C(C)S(=O)(=O)N1CCCC1CCCO. The summed E-state index contributed by atoms with van der Waals surface area (Å²) in [7, 11) is -2.47. The molecule has 0 bridgehead atoms. The predicted molar refractivity (Wildman–Crippen MR) is 66.4 cm³/mol. The highest BCUT2D eigenvalue weighted by atomic mass is 32.2. The zero-order valence-electron chi connectivity index (χ0n) is 10.8. The molecule has 7 heteroatoms. The van der Waals surface area contributed by atoms with E-state index in [2.05, 4.69) is 4.74 Å². The Morgan fingerprint density at radius 1 is 1.56 bits per heavy atom. The number of ether oxygens (including phenoxy) is 1.